The number of carbonyl (C=O) groups excluding carboxylic acids is 3. The molecule has 0 unspecified atom stereocenters. The second-order valence-corrected chi connectivity index (χ2v) is 9.20. The summed E-state index contributed by atoms with van der Waals surface area (Å²) in [4.78, 5) is 32.0. The summed E-state index contributed by atoms with van der Waals surface area (Å²) in [5, 5.41) is 0. The predicted molar refractivity (Wildman–Crippen MR) is 37.8 cm³/mol. The van der Waals surface area contributed by atoms with E-state index in [9.17, 15) is 14.4 Å². The van der Waals surface area contributed by atoms with Crippen molar-refractivity contribution in [1.29, 1.82) is 0 Å². The van der Waals surface area contributed by atoms with Crippen molar-refractivity contribution < 1.29 is 14.4 Å². The molecule has 0 fully saturated rings. The van der Waals surface area contributed by atoms with E-state index in [2.05, 4.69) is 0 Å². The van der Waals surface area contributed by atoms with Crippen LogP contribution in [-0.4, -0.2) is 31.4 Å². The Bertz CT molecular complexity index is 152. The zero-order valence-corrected chi connectivity index (χ0v) is 8.72. The molecule has 0 spiro atoms. The fourth-order valence-corrected chi connectivity index (χ4v) is 4.46. The average molecular weight is 251 g/mol. The van der Waals surface area contributed by atoms with Crippen LogP contribution < -0.4 is 0 Å². The van der Waals surface area contributed by atoms with Crippen LogP contribution in [0.1, 0.15) is 20.8 Å². The van der Waals surface area contributed by atoms with Gasteiger partial charge in [0.2, 0.25) is 0 Å². The topological polar surface area (TPSA) is 51.2 Å². The van der Waals surface area contributed by atoms with Crippen molar-refractivity contribution in [2.24, 2.45) is 0 Å². The van der Waals surface area contributed by atoms with Crippen molar-refractivity contribution in [3.63, 3.8) is 0 Å². The Morgan fingerprint density at radius 2 is 1.00 bits per heavy atom. The van der Waals surface area contributed by atoms with Crippen molar-refractivity contribution in [2.45, 2.75) is 20.8 Å². The van der Waals surface area contributed by atoms with Gasteiger partial charge in [-0.1, -0.05) is 0 Å². The van der Waals surface area contributed by atoms with E-state index in [1.807, 2.05) is 0 Å². The van der Waals surface area contributed by atoms with Crippen molar-refractivity contribution >= 4 is 31.4 Å². The molecular formula is C6H9O3Sb. The van der Waals surface area contributed by atoms with E-state index in [0.29, 0.717) is 0 Å². The normalized spacial score (nSPS) is 9.60. The molecule has 0 saturated carbocycles. The third kappa shape index (κ3) is 2.61. The standard InChI is InChI=1S/3C2H3O.Sb/c3*1-2-3;/h3*1H3;. The van der Waals surface area contributed by atoms with E-state index >= 15 is 0 Å². The van der Waals surface area contributed by atoms with Gasteiger partial charge in [-0.25, -0.2) is 0 Å². The first-order chi connectivity index (χ1) is 4.46. The molecule has 0 aromatic heterocycles. The van der Waals surface area contributed by atoms with Crippen LogP contribution in [-0.2, 0) is 14.4 Å². The van der Waals surface area contributed by atoms with Gasteiger partial charge in [0.15, 0.2) is 0 Å². The third-order valence-electron chi connectivity index (χ3n) is 0.945. The van der Waals surface area contributed by atoms with Crippen molar-refractivity contribution in [1.82, 2.24) is 0 Å². The summed E-state index contributed by atoms with van der Waals surface area (Å²) >= 11 is -2.80. The summed E-state index contributed by atoms with van der Waals surface area (Å²) in [6, 6.07) is 0. The Morgan fingerprint density at radius 1 is 0.800 bits per heavy atom. The van der Waals surface area contributed by atoms with Gasteiger partial charge >= 0.3 is 66.6 Å². The Kier molecular flexibility index (Phi) is 3.80. The number of hydrogen-bond donors (Lipinski definition) is 0. The first-order valence-corrected chi connectivity index (χ1v) is 6.61. The van der Waals surface area contributed by atoms with Crippen LogP contribution >= 0.6 is 0 Å². The molecule has 0 aliphatic carbocycles. The monoisotopic (exact) mass is 250 g/mol. The quantitative estimate of drug-likeness (QED) is 0.656. The van der Waals surface area contributed by atoms with Gasteiger partial charge in [0.1, 0.15) is 0 Å². The number of rotatable bonds is 3. The number of carbonyl (C=O) groups is 3. The Hall–Kier alpha value is -0.172. The molecule has 0 saturated heterocycles. The third-order valence-corrected chi connectivity index (χ3v) is 6.34. The van der Waals surface area contributed by atoms with Crippen LogP contribution in [0.15, 0.2) is 0 Å². The fourth-order valence-electron chi connectivity index (χ4n) is 0.665. The minimum absolute atomic E-state index is 0.192. The second kappa shape index (κ2) is 3.87. The SMILES string of the molecule is C[C](=O)[Sb]([C](C)=O)[C](C)=O. The van der Waals surface area contributed by atoms with Crippen LogP contribution in [0.4, 0.5) is 0 Å². The minimum atomic E-state index is -2.80. The summed E-state index contributed by atoms with van der Waals surface area (Å²) < 4.78 is -0.575. The van der Waals surface area contributed by atoms with E-state index in [-0.39, 0.29) is 11.2 Å². The molecule has 0 aromatic carbocycles. The van der Waals surface area contributed by atoms with E-state index in [4.69, 9.17) is 0 Å². The summed E-state index contributed by atoms with van der Waals surface area (Å²) in [7, 11) is 0. The van der Waals surface area contributed by atoms with Crippen LogP contribution in [0.2, 0.25) is 0 Å². The Balaban J connectivity index is 4.43. The molecule has 10 heavy (non-hydrogen) atoms. The van der Waals surface area contributed by atoms with Gasteiger partial charge in [0.25, 0.3) is 0 Å². The van der Waals surface area contributed by atoms with Gasteiger partial charge in [-0.3, -0.25) is 0 Å². The maximum atomic E-state index is 10.7. The first kappa shape index (κ1) is 9.83. The zero-order chi connectivity index (χ0) is 8.31. The van der Waals surface area contributed by atoms with E-state index in [1.165, 1.54) is 20.8 Å². The summed E-state index contributed by atoms with van der Waals surface area (Å²) in [6.07, 6.45) is 0. The molecule has 0 bridgehead atoms. The molecule has 0 amide bonds. The molecule has 0 radical (unpaired) electrons. The van der Waals surface area contributed by atoms with Crippen LogP contribution in [0.3, 0.4) is 0 Å². The summed E-state index contributed by atoms with van der Waals surface area (Å²) in [5.41, 5.74) is 0. The van der Waals surface area contributed by atoms with Gasteiger partial charge in [-0.15, -0.1) is 0 Å². The van der Waals surface area contributed by atoms with Gasteiger partial charge < -0.3 is 0 Å². The molecule has 0 atom stereocenters. The van der Waals surface area contributed by atoms with Crippen molar-refractivity contribution in [3.8, 4) is 0 Å². The molecule has 4 heteroatoms. The molecule has 3 nitrogen and oxygen atoms in total. The molecule has 0 heterocycles. The fraction of sp³-hybridized carbons (Fsp3) is 0.500. The first-order valence-electron chi connectivity index (χ1n) is 2.78. The zero-order valence-electron chi connectivity index (χ0n) is 6.17. The summed E-state index contributed by atoms with van der Waals surface area (Å²) in [5.74, 6) is 0. The average Bonchev–Trinajstić information content (AvgIpc) is 1.59. The Labute approximate surface area is 66.7 Å². The molecule has 0 aromatic rings. The molecule has 0 aliphatic heterocycles. The van der Waals surface area contributed by atoms with Crippen LogP contribution in [0.5, 0.6) is 0 Å². The van der Waals surface area contributed by atoms with Crippen molar-refractivity contribution in [3.05, 3.63) is 0 Å². The molecule has 0 rings (SSSR count). The molecule has 0 aliphatic rings. The van der Waals surface area contributed by atoms with E-state index in [0.717, 1.165) is 0 Å². The van der Waals surface area contributed by atoms with Gasteiger partial charge in [0, 0.05) is 0 Å². The molecular weight excluding hydrogens is 242 g/mol. The van der Waals surface area contributed by atoms with E-state index in [1.54, 1.807) is 0 Å². The molecule has 0 N–H and O–H groups in total. The second-order valence-electron chi connectivity index (χ2n) is 1.89. The van der Waals surface area contributed by atoms with Gasteiger partial charge in [0.05, 0.1) is 0 Å². The molecule has 56 valence electrons. The van der Waals surface area contributed by atoms with Crippen LogP contribution in [0, 0.1) is 0 Å². The van der Waals surface area contributed by atoms with Crippen LogP contribution in [0.25, 0.3) is 0 Å². The Morgan fingerprint density at radius 3 is 1.00 bits per heavy atom. The van der Waals surface area contributed by atoms with Gasteiger partial charge in [-0.2, -0.15) is 0 Å². The van der Waals surface area contributed by atoms with Crippen molar-refractivity contribution in [2.75, 3.05) is 0 Å². The number of hydrogen-bond acceptors (Lipinski definition) is 3. The predicted octanol–water partition coefficient (Wildman–Crippen LogP) is -0.134. The maximum absolute atomic E-state index is 10.7. The van der Waals surface area contributed by atoms with E-state index < -0.39 is 20.2 Å². The van der Waals surface area contributed by atoms with Gasteiger partial charge in [-0.05, 0) is 0 Å². The summed E-state index contributed by atoms with van der Waals surface area (Å²) in [6.45, 7) is 3.97.